The van der Waals surface area contributed by atoms with Crippen LogP contribution in [0.3, 0.4) is 0 Å². The van der Waals surface area contributed by atoms with E-state index in [0.29, 0.717) is 18.7 Å². The molecule has 0 saturated carbocycles. The maximum Gasteiger partial charge on any atom is 0.315 e. The van der Waals surface area contributed by atoms with Gasteiger partial charge in [0, 0.05) is 18.7 Å². The minimum atomic E-state index is -0.249. The Hall–Kier alpha value is -2.82. The van der Waals surface area contributed by atoms with E-state index in [2.05, 4.69) is 35.0 Å². The van der Waals surface area contributed by atoms with Crippen molar-refractivity contribution in [2.75, 3.05) is 13.1 Å². The van der Waals surface area contributed by atoms with Crippen LogP contribution in [0.4, 0.5) is 4.79 Å². The van der Waals surface area contributed by atoms with Gasteiger partial charge in [-0.25, -0.2) is 4.79 Å². The zero-order valence-corrected chi connectivity index (χ0v) is 14.7. The molecular formula is C20H25N3O2. The number of carbonyl (C=O) groups is 2. The summed E-state index contributed by atoms with van der Waals surface area (Å²) in [6.45, 7) is 4.80. The molecule has 5 nitrogen and oxygen atoms in total. The Bertz CT molecular complexity index is 684. The lowest BCUT2D eigenvalue weighted by atomic mass is 10.1. The lowest BCUT2D eigenvalue weighted by Gasteiger charge is -2.15. The molecule has 25 heavy (non-hydrogen) atoms. The van der Waals surface area contributed by atoms with Gasteiger partial charge in [-0.1, -0.05) is 49.4 Å². The Morgan fingerprint density at radius 3 is 2.20 bits per heavy atom. The van der Waals surface area contributed by atoms with Crippen LogP contribution in [0.2, 0.25) is 0 Å². The summed E-state index contributed by atoms with van der Waals surface area (Å²) in [6.07, 6.45) is 0.997. The molecule has 5 heteroatoms. The zero-order valence-electron chi connectivity index (χ0n) is 14.7. The van der Waals surface area contributed by atoms with E-state index in [1.165, 1.54) is 5.56 Å². The van der Waals surface area contributed by atoms with Gasteiger partial charge in [-0.15, -0.1) is 0 Å². The molecule has 0 heterocycles. The molecule has 0 aliphatic rings. The smallest absolute Gasteiger partial charge is 0.315 e. The normalized spacial score (nSPS) is 11.4. The van der Waals surface area contributed by atoms with E-state index in [1.807, 2.05) is 37.3 Å². The molecule has 0 fully saturated rings. The molecule has 0 radical (unpaired) electrons. The molecule has 0 aromatic heterocycles. The van der Waals surface area contributed by atoms with Gasteiger partial charge in [0.1, 0.15) is 0 Å². The largest absolute Gasteiger partial charge is 0.350 e. The SMILES string of the molecule is CCc1ccc(C(C)NC(=O)NCCNC(=O)c2ccccc2)cc1. The van der Waals surface area contributed by atoms with Crippen LogP contribution >= 0.6 is 0 Å². The van der Waals surface area contributed by atoms with E-state index in [0.717, 1.165) is 12.0 Å². The van der Waals surface area contributed by atoms with Crippen molar-refractivity contribution in [2.24, 2.45) is 0 Å². The predicted molar refractivity (Wildman–Crippen MR) is 99.5 cm³/mol. The van der Waals surface area contributed by atoms with Crippen molar-refractivity contribution in [2.45, 2.75) is 26.3 Å². The molecule has 2 rings (SSSR count). The number of aryl methyl sites for hydroxylation is 1. The van der Waals surface area contributed by atoms with Crippen molar-refractivity contribution >= 4 is 11.9 Å². The molecule has 0 aliphatic carbocycles. The van der Waals surface area contributed by atoms with E-state index >= 15 is 0 Å². The van der Waals surface area contributed by atoms with Gasteiger partial charge >= 0.3 is 6.03 Å². The van der Waals surface area contributed by atoms with Crippen LogP contribution in [0.1, 0.15) is 41.4 Å². The molecular weight excluding hydrogens is 314 g/mol. The molecule has 1 unspecified atom stereocenters. The first-order valence-electron chi connectivity index (χ1n) is 8.56. The van der Waals surface area contributed by atoms with Crippen LogP contribution < -0.4 is 16.0 Å². The Labute approximate surface area is 148 Å². The van der Waals surface area contributed by atoms with Gasteiger partial charge in [0.25, 0.3) is 5.91 Å². The summed E-state index contributed by atoms with van der Waals surface area (Å²) in [7, 11) is 0. The summed E-state index contributed by atoms with van der Waals surface area (Å²) in [5.41, 5.74) is 2.94. The molecule has 2 aromatic rings. The van der Waals surface area contributed by atoms with Gasteiger partial charge in [0.05, 0.1) is 6.04 Å². The third kappa shape index (κ3) is 5.95. The summed E-state index contributed by atoms with van der Waals surface area (Å²) in [6, 6.07) is 16.9. The monoisotopic (exact) mass is 339 g/mol. The second-order valence-corrected chi connectivity index (χ2v) is 5.84. The first kappa shape index (κ1) is 18.5. The summed E-state index contributed by atoms with van der Waals surface area (Å²) >= 11 is 0. The number of hydrogen-bond acceptors (Lipinski definition) is 2. The molecule has 2 aromatic carbocycles. The van der Waals surface area contributed by atoms with Crippen LogP contribution in [0.25, 0.3) is 0 Å². The van der Waals surface area contributed by atoms with Crippen molar-refractivity contribution in [3.05, 3.63) is 71.3 Å². The van der Waals surface area contributed by atoms with Crippen molar-refractivity contribution in [3.63, 3.8) is 0 Å². The van der Waals surface area contributed by atoms with Gasteiger partial charge in [0.2, 0.25) is 0 Å². The highest BCUT2D eigenvalue weighted by atomic mass is 16.2. The van der Waals surface area contributed by atoms with Crippen LogP contribution in [-0.2, 0) is 6.42 Å². The summed E-state index contributed by atoms with van der Waals surface area (Å²) in [4.78, 5) is 23.8. The molecule has 0 saturated heterocycles. The topological polar surface area (TPSA) is 70.2 Å². The summed E-state index contributed by atoms with van der Waals surface area (Å²) in [5.74, 6) is -0.146. The van der Waals surface area contributed by atoms with E-state index in [4.69, 9.17) is 0 Å². The van der Waals surface area contributed by atoms with E-state index in [1.54, 1.807) is 12.1 Å². The molecule has 1 atom stereocenters. The lowest BCUT2D eigenvalue weighted by molar-refractivity contribution is 0.0954. The van der Waals surface area contributed by atoms with Crippen molar-refractivity contribution in [3.8, 4) is 0 Å². The van der Waals surface area contributed by atoms with E-state index in [9.17, 15) is 9.59 Å². The molecule has 132 valence electrons. The van der Waals surface area contributed by atoms with Gasteiger partial charge in [-0.2, -0.15) is 0 Å². The summed E-state index contributed by atoms with van der Waals surface area (Å²) in [5, 5.41) is 8.41. The molecule has 3 N–H and O–H groups in total. The number of amides is 3. The molecule has 0 aliphatic heterocycles. The second kappa shape index (κ2) is 9.47. The fraction of sp³-hybridized carbons (Fsp3) is 0.300. The van der Waals surface area contributed by atoms with Crippen LogP contribution in [0.5, 0.6) is 0 Å². The number of rotatable bonds is 7. The van der Waals surface area contributed by atoms with Crippen LogP contribution in [-0.4, -0.2) is 25.0 Å². The highest BCUT2D eigenvalue weighted by molar-refractivity contribution is 5.94. The van der Waals surface area contributed by atoms with Gasteiger partial charge < -0.3 is 16.0 Å². The lowest BCUT2D eigenvalue weighted by Crippen LogP contribution is -2.41. The zero-order chi connectivity index (χ0) is 18.1. The summed E-state index contributed by atoms with van der Waals surface area (Å²) < 4.78 is 0. The molecule has 0 bridgehead atoms. The Morgan fingerprint density at radius 2 is 1.56 bits per heavy atom. The molecule has 3 amide bonds. The van der Waals surface area contributed by atoms with E-state index in [-0.39, 0.29) is 18.0 Å². The average Bonchev–Trinajstić information content (AvgIpc) is 2.65. The predicted octanol–water partition coefficient (Wildman–Crippen LogP) is 3.04. The quantitative estimate of drug-likeness (QED) is 0.679. The number of benzene rings is 2. The highest BCUT2D eigenvalue weighted by Crippen LogP contribution is 2.13. The maximum absolute atomic E-state index is 11.9. The maximum atomic E-state index is 11.9. The standard InChI is InChI=1S/C20H25N3O2/c1-3-16-9-11-17(12-10-16)15(2)23-20(25)22-14-13-21-19(24)18-7-5-4-6-8-18/h4-12,15H,3,13-14H2,1-2H3,(H,21,24)(H2,22,23,25). The van der Waals surface area contributed by atoms with Crippen LogP contribution in [0.15, 0.2) is 54.6 Å². The van der Waals surface area contributed by atoms with Gasteiger partial charge in [0.15, 0.2) is 0 Å². The highest BCUT2D eigenvalue weighted by Gasteiger charge is 2.09. The van der Waals surface area contributed by atoms with Crippen molar-refractivity contribution in [1.29, 1.82) is 0 Å². The first-order chi connectivity index (χ1) is 12.1. The Kier molecular flexibility index (Phi) is 7.01. The minimum Gasteiger partial charge on any atom is -0.350 e. The average molecular weight is 339 g/mol. The fourth-order valence-electron chi connectivity index (χ4n) is 2.42. The van der Waals surface area contributed by atoms with Gasteiger partial charge in [-0.05, 0) is 36.6 Å². The molecule has 0 spiro atoms. The first-order valence-corrected chi connectivity index (χ1v) is 8.56. The van der Waals surface area contributed by atoms with Crippen molar-refractivity contribution in [1.82, 2.24) is 16.0 Å². The number of urea groups is 1. The van der Waals surface area contributed by atoms with Gasteiger partial charge in [-0.3, -0.25) is 4.79 Å². The number of hydrogen-bond donors (Lipinski definition) is 3. The third-order valence-electron chi connectivity index (χ3n) is 3.97. The fourth-order valence-corrected chi connectivity index (χ4v) is 2.42. The minimum absolute atomic E-state index is 0.0789. The third-order valence-corrected chi connectivity index (χ3v) is 3.97. The number of carbonyl (C=O) groups excluding carboxylic acids is 2. The van der Waals surface area contributed by atoms with E-state index < -0.39 is 0 Å². The second-order valence-electron chi connectivity index (χ2n) is 5.84. The Balaban J connectivity index is 1.68. The van der Waals surface area contributed by atoms with Crippen LogP contribution in [0, 0.1) is 0 Å². The Morgan fingerprint density at radius 1 is 0.920 bits per heavy atom. The number of nitrogens with one attached hydrogen (secondary N) is 3. The van der Waals surface area contributed by atoms with Crippen molar-refractivity contribution < 1.29 is 9.59 Å².